The van der Waals surface area contributed by atoms with Gasteiger partial charge in [0.25, 0.3) is 0 Å². The van der Waals surface area contributed by atoms with Crippen LogP contribution in [0.5, 0.6) is 5.88 Å². The van der Waals surface area contributed by atoms with Gasteiger partial charge in [-0.2, -0.15) is 8.78 Å². The van der Waals surface area contributed by atoms with E-state index in [0.29, 0.717) is 93.8 Å². The minimum atomic E-state index is -3.08. The molecule has 2 fully saturated rings. The maximum atomic E-state index is 13.5. The van der Waals surface area contributed by atoms with Crippen LogP contribution in [0.25, 0.3) is 32.6 Å². The van der Waals surface area contributed by atoms with Crippen LogP contribution in [0, 0.1) is 5.92 Å². The molecule has 5 aromatic rings. The molecule has 2 aliphatic rings. The Morgan fingerprint density at radius 1 is 0.963 bits per heavy atom. The lowest BCUT2D eigenvalue weighted by molar-refractivity contribution is -0.142. The van der Waals surface area contributed by atoms with Gasteiger partial charge < -0.3 is 31.1 Å². The molecule has 0 radical (unpaired) electrons. The second-order valence-electron chi connectivity index (χ2n) is 13.3. The van der Waals surface area contributed by atoms with E-state index >= 15 is 0 Å². The molecule has 1 saturated heterocycles. The molecule has 0 spiro atoms. The van der Waals surface area contributed by atoms with Gasteiger partial charge in [-0.3, -0.25) is 9.59 Å². The molecule has 1 atom stereocenters. The van der Waals surface area contributed by atoms with Crippen molar-refractivity contribution in [2.45, 2.75) is 70.3 Å². The number of fused-ring (bicyclic) bond motifs is 1. The second kappa shape index (κ2) is 16.9. The number of thiazole rings is 1. The highest BCUT2D eigenvalue weighted by atomic mass is 35.5. The number of rotatable bonds is 14. The smallest absolute Gasteiger partial charge is 0.388 e. The van der Waals surface area contributed by atoms with Gasteiger partial charge in [-0.25, -0.2) is 15.0 Å². The SMILES string of the molecule is O=C1CC[C@@H](CNCc2ccc(-c3cccc(-c4cccc(Nc5nccc6sc(CN[C@H]7CC[C@H](C(=O)O)CC7)nc56)c4Cl)c3Cl)nc2OC(F)F)N1. The molecule has 5 N–H and O–H groups in total. The van der Waals surface area contributed by atoms with Crippen molar-refractivity contribution in [2.75, 3.05) is 11.9 Å². The van der Waals surface area contributed by atoms with Crippen LogP contribution in [0.3, 0.4) is 0 Å². The molecule has 3 aromatic heterocycles. The van der Waals surface area contributed by atoms with E-state index in [-0.39, 0.29) is 36.3 Å². The zero-order chi connectivity index (χ0) is 37.8. The molecule has 0 unspecified atom stereocenters. The topological polar surface area (TPSA) is 150 Å². The number of nitrogens with zero attached hydrogens (tertiary/aromatic N) is 3. The molecule has 1 aliphatic carbocycles. The predicted octanol–water partition coefficient (Wildman–Crippen LogP) is 8.17. The first-order valence-electron chi connectivity index (χ1n) is 17.6. The number of amides is 1. The summed E-state index contributed by atoms with van der Waals surface area (Å²) in [5.41, 5.74) is 3.80. The molecular weight excluding hydrogens is 759 g/mol. The zero-order valence-corrected chi connectivity index (χ0v) is 31.2. The van der Waals surface area contributed by atoms with Crippen LogP contribution in [0.2, 0.25) is 10.0 Å². The average molecular weight is 797 g/mol. The number of aliphatic carboxylic acids is 1. The van der Waals surface area contributed by atoms with Gasteiger partial charge >= 0.3 is 12.6 Å². The zero-order valence-electron chi connectivity index (χ0n) is 28.9. The van der Waals surface area contributed by atoms with Crippen molar-refractivity contribution in [3.05, 3.63) is 81.4 Å². The monoisotopic (exact) mass is 795 g/mol. The van der Waals surface area contributed by atoms with Gasteiger partial charge in [-0.15, -0.1) is 11.3 Å². The van der Waals surface area contributed by atoms with Crippen molar-refractivity contribution in [3.63, 3.8) is 0 Å². The number of carboxylic acid groups (broad SMARTS) is 1. The van der Waals surface area contributed by atoms with E-state index in [1.54, 1.807) is 41.8 Å². The average Bonchev–Trinajstić information content (AvgIpc) is 3.78. The lowest BCUT2D eigenvalue weighted by Gasteiger charge is -2.26. The first-order chi connectivity index (χ1) is 26.1. The third-order valence-corrected chi connectivity index (χ3v) is 11.6. The number of hydrogen-bond acceptors (Lipinski definition) is 10. The van der Waals surface area contributed by atoms with Gasteiger partial charge in [0.1, 0.15) is 10.5 Å². The number of aromatic nitrogens is 3. The number of halogens is 4. The number of carbonyl (C=O) groups is 2. The molecule has 1 saturated carbocycles. The summed E-state index contributed by atoms with van der Waals surface area (Å²) in [5.74, 6) is -0.666. The normalized spacial score (nSPS) is 18.6. The van der Waals surface area contributed by atoms with Crippen LogP contribution < -0.4 is 26.0 Å². The molecule has 2 aromatic carbocycles. The Kier molecular flexibility index (Phi) is 11.8. The number of hydrogen-bond donors (Lipinski definition) is 5. The molecule has 4 heterocycles. The summed E-state index contributed by atoms with van der Waals surface area (Å²) in [6, 6.07) is 16.4. The number of pyridine rings is 2. The summed E-state index contributed by atoms with van der Waals surface area (Å²) in [6.45, 7) is -1.82. The van der Waals surface area contributed by atoms with E-state index in [9.17, 15) is 23.5 Å². The summed E-state index contributed by atoms with van der Waals surface area (Å²) in [5, 5.41) is 23.8. The predicted molar refractivity (Wildman–Crippen MR) is 206 cm³/mol. The Labute approximate surface area is 323 Å². The van der Waals surface area contributed by atoms with Crippen LogP contribution in [0.15, 0.2) is 60.8 Å². The highest BCUT2D eigenvalue weighted by molar-refractivity contribution is 7.18. The Morgan fingerprint density at radius 3 is 2.46 bits per heavy atom. The van der Waals surface area contributed by atoms with E-state index in [4.69, 9.17) is 32.9 Å². The summed E-state index contributed by atoms with van der Waals surface area (Å²) >= 11 is 15.6. The fourth-order valence-electron chi connectivity index (χ4n) is 6.90. The summed E-state index contributed by atoms with van der Waals surface area (Å²) in [4.78, 5) is 36.7. The Hall–Kier alpha value is -4.47. The Balaban J connectivity index is 1.08. The van der Waals surface area contributed by atoms with E-state index in [0.717, 1.165) is 22.5 Å². The fraction of sp³-hybridized carbons (Fsp3) is 0.342. The fourth-order valence-corrected chi connectivity index (χ4v) is 8.41. The summed E-state index contributed by atoms with van der Waals surface area (Å²) in [6.07, 6.45) is 5.86. The third-order valence-electron chi connectivity index (χ3n) is 9.72. The minimum Gasteiger partial charge on any atom is -0.481 e. The molecule has 1 amide bonds. The van der Waals surface area contributed by atoms with Gasteiger partial charge in [0.2, 0.25) is 11.8 Å². The first kappa shape index (κ1) is 37.8. The molecule has 16 heteroatoms. The van der Waals surface area contributed by atoms with Gasteiger partial charge in [0.05, 0.1) is 32.0 Å². The van der Waals surface area contributed by atoms with Crippen LogP contribution in [-0.2, 0) is 22.7 Å². The molecule has 7 rings (SSSR count). The van der Waals surface area contributed by atoms with Crippen LogP contribution >= 0.6 is 34.5 Å². The number of ether oxygens (including phenoxy) is 1. The van der Waals surface area contributed by atoms with E-state index in [1.807, 2.05) is 30.3 Å². The third kappa shape index (κ3) is 8.74. The van der Waals surface area contributed by atoms with Crippen LogP contribution in [0.1, 0.15) is 49.1 Å². The van der Waals surface area contributed by atoms with Gasteiger partial charge in [0, 0.05) is 66.6 Å². The summed E-state index contributed by atoms with van der Waals surface area (Å²) < 4.78 is 32.7. The molecule has 54 heavy (non-hydrogen) atoms. The highest BCUT2D eigenvalue weighted by Crippen LogP contribution is 2.42. The van der Waals surface area contributed by atoms with Gasteiger partial charge in [-0.05, 0) is 50.3 Å². The molecule has 11 nitrogen and oxygen atoms in total. The highest BCUT2D eigenvalue weighted by Gasteiger charge is 2.26. The lowest BCUT2D eigenvalue weighted by Crippen LogP contribution is -2.35. The Morgan fingerprint density at radius 2 is 1.72 bits per heavy atom. The van der Waals surface area contributed by atoms with Crippen molar-refractivity contribution in [1.29, 1.82) is 0 Å². The van der Waals surface area contributed by atoms with Gasteiger partial charge in [0.15, 0.2) is 5.82 Å². The summed E-state index contributed by atoms with van der Waals surface area (Å²) in [7, 11) is 0. The number of benzene rings is 2. The maximum Gasteiger partial charge on any atom is 0.388 e. The Bertz CT molecular complexity index is 2170. The van der Waals surface area contributed by atoms with E-state index < -0.39 is 12.6 Å². The van der Waals surface area contributed by atoms with Crippen molar-refractivity contribution < 1.29 is 28.2 Å². The minimum absolute atomic E-state index is 0.00231. The molecule has 282 valence electrons. The lowest BCUT2D eigenvalue weighted by atomic mass is 9.86. The van der Waals surface area contributed by atoms with Crippen LogP contribution in [0.4, 0.5) is 20.3 Å². The van der Waals surface area contributed by atoms with Crippen LogP contribution in [-0.4, -0.2) is 57.2 Å². The largest absolute Gasteiger partial charge is 0.481 e. The standard InChI is InChI=1S/C38H37Cl2F2N7O4S/c39-32-24(3-1-5-26(32)27-13-9-21(36(48-27)53-38(41)42)17-43-18-23-12-14-30(50)46-23)25-4-2-6-28(33(25)40)47-35-34-29(15-16-44-35)54-31(49-34)19-45-22-10-7-20(8-11-22)37(51)52/h1-6,9,13,15-16,20,22-23,38,43,45H,7-8,10-12,14,17-19H2,(H,44,47)(H,46,50)(H,51,52)/t20-,22-,23-/m0/s1. The van der Waals surface area contributed by atoms with Crippen molar-refractivity contribution >= 4 is 68.1 Å². The van der Waals surface area contributed by atoms with Crippen molar-refractivity contribution in [2.24, 2.45) is 5.92 Å². The number of anilines is 2. The van der Waals surface area contributed by atoms with E-state index in [1.165, 1.54) is 0 Å². The van der Waals surface area contributed by atoms with Crippen molar-refractivity contribution in [3.8, 4) is 28.3 Å². The quantitative estimate of drug-likeness (QED) is 0.0745. The number of nitrogens with one attached hydrogen (secondary N) is 4. The van der Waals surface area contributed by atoms with Crippen molar-refractivity contribution in [1.82, 2.24) is 30.9 Å². The number of carboxylic acids is 1. The first-order valence-corrected chi connectivity index (χ1v) is 19.2. The van der Waals surface area contributed by atoms with E-state index in [2.05, 4.69) is 31.2 Å². The molecule has 1 aliphatic heterocycles. The maximum absolute atomic E-state index is 13.5. The second-order valence-corrected chi connectivity index (χ2v) is 15.2. The van der Waals surface area contributed by atoms with Gasteiger partial charge in [-0.1, -0.05) is 59.6 Å². The molecule has 0 bridgehead atoms. The molecular formula is C38H37Cl2F2N7O4S. The number of alkyl halides is 2. The number of carbonyl (C=O) groups excluding carboxylic acids is 1.